The molecule has 0 aliphatic carbocycles. The Bertz CT molecular complexity index is 736. The highest BCUT2D eigenvalue weighted by atomic mass is 32.1. The van der Waals surface area contributed by atoms with Crippen LogP contribution in [0.4, 0.5) is 5.00 Å². The van der Waals surface area contributed by atoms with Crippen molar-refractivity contribution < 1.29 is 19.1 Å². The highest BCUT2D eigenvalue weighted by molar-refractivity contribution is 7.16. The first-order valence-electron chi connectivity index (χ1n) is 7.20. The number of esters is 1. The number of aryl methyl sites for hydroxylation is 1. The van der Waals surface area contributed by atoms with Crippen LogP contribution in [0, 0.1) is 13.8 Å². The van der Waals surface area contributed by atoms with Gasteiger partial charge in [0.05, 0.1) is 19.3 Å². The summed E-state index contributed by atoms with van der Waals surface area (Å²) in [6, 6.07) is 6.92. The summed E-state index contributed by atoms with van der Waals surface area (Å²) >= 11 is 1.36. The Kier molecular flexibility index (Phi) is 5.39. The second-order valence-corrected chi connectivity index (χ2v) is 6.12. The molecule has 0 fully saturated rings. The van der Waals surface area contributed by atoms with Crippen LogP contribution in [0.25, 0.3) is 0 Å². The molecule has 0 unspecified atom stereocenters. The monoisotopic (exact) mass is 333 g/mol. The Hall–Kier alpha value is -2.34. The van der Waals surface area contributed by atoms with E-state index in [2.05, 4.69) is 5.32 Å². The quantitative estimate of drug-likeness (QED) is 0.845. The summed E-state index contributed by atoms with van der Waals surface area (Å²) in [7, 11) is 1.33. The maximum absolute atomic E-state index is 12.4. The van der Waals surface area contributed by atoms with Crippen molar-refractivity contribution in [2.24, 2.45) is 0 Å². The lowest BCUT2D eigenvalue weighted by Crippen LogP contribution is -2.14. The van der Waals surface area contributed by atoms with Crippen LogP contribution in [0.5, 0.6) is 5.75 Å². The van der Waals surface area contributed by atoms with Crippen LogP contribution in [-0.2, 0) is 4.74 Å². The summed E-state index contributed by atoms with van der Waals surface area (Å²) in [5.74, 6) is -0.116. The molecule has 0 saturated heterocycles. The van der Waals surface area contributed by atoms with E-state index in [1.54, 1.807) is 24.3 Å². The third-order valence-corrected chi connectivity index (χ3v) is 4.53. The second-order valence-electron chi connectivity index (χ2n) is 4.89. The Labute approximate surface area is 139 Å². The third-order valence-electron chi connectivity index (χ3n) is 3.41. The molecule has 1 amide bonds. The average molecular weight is 333 g/mol. The van der Waals surface area contributed by atoms with Crippen LogP contribution in [0.3, 0.4) is 0 Å². The molecule has 0 bridgehead atoms. The zero-order chi connectivity index (χ0) is 17.0. The first-order chi connectivity index (χ1) is 11.0. The zero-order valence-corrected chi connectivity index (χ0v) is 14.4. The fourth-order valence-electron chi connectivity index (χ4n) is 2.13. The lowest BCUT2D eigenvalue weighted by Gasteiger charge is -2.08. The summed E-state index contributed by atoms with van der Waals surface area (Å²) in [4.78, 5) is 25.3. The molecular formula is C17H19NO4S. The van der Waals surface area contributed by atoms with Gasteiger partial charge in [0, 0.05) is 10.4 Å². The van der Waals surface area contributed by atoms with Gasteiger partial charge in [-0.1, -0.05) is 6.07 Å². The second kappa shape index (κ2) is 7.28. The highest BCUT2D eigenvalue weighted by Gasteiger charge is 2.22. The Morgan fingerprint density at radius 2 is 2.00 bits per heavy atom. The summed E-state index contributed by atoms with van der Waals surface area (Å²) < 4.78 is 10.2. The molecule has 1 N–H and O–H groups in total. The van der Waals surface area contributed by atoms with E-state index < -0.39 is 5.97 Å². The molecule has 6 heteroatoms. The minimum atomic E-state index is -0.454. The molecule has 0 radical (unpaired) electrons. The maximum atomic E-state index is 12.4. The van der Waals surface area contributed by atoms with Crippen molar-refractivity contribution in [2.45, 2.75) is 20.8 Å². The molecule has 5 nitrogen and oxygen atoms in total. The lowest BCUT2D eigenvalue weighted by atomic mass is 10.1. The van der Waals surface area contributed by atoms with Crippen molar-refractivity contribution in [2.75, 3.05) is 19.0 Å². The number of anilines is 1. The third kappa shape index (κ3) is 3.71. The van der Waals surface area contributed by atoms with Gasteiger partial charge < -0.3 is 14.8 Å². The number of carbonyl (C=O) groups is 2. The van der Waals surface area contributed by atoms with Gasteiger partial charge in [0.2, 0.25) is 0 Å². The number of benzene rings is 1. The molecule has 0 saturated carbocycles. The number of thiophene rings is 1. The van der Waals surface area contributed by atoms with Crippen molar-refractivity contribution in [1.82, 2.24) is 0 Å². The molecule has 1 aromatic carbocycles. The topological polar surface area (TPSA) is 64.6 Å². The van der Waals surface area contributed by atoms with Crippen LogP contribution in [0.2, 0.25) is 0 Å². The van der Waals surface area contributed by atoms with E-state index >= 15 is 0 Å². The summed E-state index contributed by atoms with van der Waals surface area (Å²) in [5.41, 5.74) is 1.69. The van der Waals surface area contributed by atoms with Crippen molar-refractivity contribution in [3.05, 3.63) is 45.8 Å². The van der Waals surface area contributed by atoms with Gasteiger partial charge in [-0.25, -0.2) is 4.79 Å². The molecule has 23 heavy (non-hydrogen) atoms. The molecule has 1 aromatic heterocycles. The molecule has 2 rings (SSSR count). The van der Waals surface area contributed by atoms with Crippen molar-refractivity contribution >= 4 is 28.2 Å². The van der Waals surface area contributed by atoms with Crippen LogP contribution < -0.4 is 10.1 Å². The fraction of sp³-hybridized carbons (Fsp3) is 0.294. The van der Waals surface area contributed by atoms with Crippen LogP contribution in [0.1, 0.15) is 38.1 Å². The number of amides is 1. The van der Waals surface area contributed by atoms with Gasteiger partial charge >= 0.3 is 5.97 Å². The number of nitrogens with one attached hydrogen (secondary N) is 1. The highest BCUT2D eigenvalue weighted by Crippen LogP contribution is 2.33. The predicted octanol–water partition coefficient (Wildman–Crippen LogP) is 3.80. The summed E-state index contributed by atoms with van der Waals surface area (Å²) in [6.45, 7) is 6.15. The van der Waals surface area contributed by atoms with Crippen molar-refractivity contribution in [1.29, 1.82) is 0 Å². The van der Waals surface area contributed by atoms with Gasteiger partial charge in [0.15, 0.2) is 0 Å². The number of ether oxygens (including phenoxy) is 2. The van der Waals surface area contributed by atoms with Crippen molar-refractivity contribution in [3.8, 4) is 5.75 Å². The van der Waals surface area contributed by atoms with Gasteiger partial charge in [0.25, 0.3) is 5.91 Å². The van der Waals surface area contributed by atoms with E-state index in [9.17, 15) is 9.59 Å². The lowest BCUT2D eigenvalue weighted by molar-refractivity contribution is 0.0601. The first-order valence-corrected chi connectivity index (χ1v) is 8.02. The molecule has 0 aliphatic rings. The van der Waals surface area contributed by atoms with E-state index in [0.717, 1.165) is 10.4 Å². The summed E-state index contributed by atoms with van der Waals surface area (Å²) in [5, 5.41) is 3.29. The van der Waals surface area contributed by atoms with Gasteiger partial charge in [-0.3, -0.25) is 4.79 Å². The van der Waals surface area contributed by atoms with Gasteiger partial charge in [-0.05, 0) is 44.5 Å². The molecule has 0 atom stereocenters. The molecule has 122 valence electrons. The normalized spacial score (nSPS) is 10.3. The largest absolute Gasteiger partial charge is 0.494 e. The van der Waals surface area contributed by atoms with Crippen LogP contribution >= 0.6 is 11.3 Å². The van der Waals surface area contributed by atoms with Crippen molar-refractivity contribution in [3.63, 3.8) is 0 Å². The number of methoxy groups -OCH3 is 1. The van der Waals surface area contributed by atoms with E-state index in [1.165, 1.54) is 18.4 Å². The van der Waals surface area contributed by atoms with Crippen LogP contribution in [-0.4, -0.2) is 25.6 Å². The first kappa shape index (κ1) is 17.0. The number of rotatable bonds is 5. The predicted molar refractivity (Wildman–Crippen MR) is 90.7 cm³/mol. The Morgan fingerprint density at radius 3 is 2.65 bits per heavy atom. The molecule has 0 spiro atoms. The van der Waals surface area contributed by atoms with E-state index in [0.29, 0.717) is 28.5 Å². The van der Waals surface area contributed by atoms with E-state index in [4.69, 9.17) is 9.47 Å². The zero-order valence-electron chi connectivity index (χ0n) is 13.6. The SMILES string of the molecule is CCOc1cccc(C(=O)Nc2sc(C)c(C)c2C(=O)OC)c1. The molecule has 0 aliphatic heterocycles. The molecule has 1 heterocycles. The Morgan fingerprint density at radius 1 is 1.26 bits per heavy atom. The molecule has 2 aromatic rings. The smallest absolute Gasteiger partial charge is 0.341 e. The molecular weight excluding hydrogens is 314 g/mol. The Balaban J connectivity index is 2.29. The van der Waals surface area contributed by atoms with E-state index in [-0.39, 0.29) is 5.91 Å². The number of carbonyl (C=O) groups excluding carboxylic acids is 2. The van der Waals surface area contributed by atoms with Crippen LogP contribution in [0.15, 0.2) is 24.3 Å². The minimum absolute atomic E-state index is 0.294. The van der Waals surface area contributed by atoms with Gasteiger partial charge in [-0.15, -0.1) is 11.3 Å². The number of hydrogen-bond acceptors (Lipinski definition) is 5. The standard InChI is InChI=1S/C17H19NO4S/c1-5-22-13-8-6-7-12(9-13)15(19)18-16-14(17(20)21-4)10(2)11(3)23-16/h6-9H,5H2,1-4H3,(H,18,19). The van der Waals surface area contributed by atoms with Gasteiger partial charge in [-0.2, -0.15) is 0 Å². The minimum Gasteiger partial charge on any atom is -0.494 e. The average Bonchev–Trinajstić information content (AvgIpc) is 2.81. The number of hydrogen-bond donors (Lipinski definition) is 1. The fourth-order valence-corrected chi connectivity index (χ4v) is 3.18. The maximum Gasteiger partial charge on any atom is 0.341 e. The summed E-state index contributed by atoms with van der Waals surface area (Å²) in [6.07, 6.45) is 0. The van der Waals surface area contributed by atoms with Gasteiger partial charge in [0.1, 0.15) is 10.8 Å². The van der Waals surface area contributed by atoms with E-state index in [1.807, 2.05) is 20.8 Å².